The van der Waals surface area contributed by atoms with Crippen molar-refractivity contribution in [3.8, 4) is 0 Å². The molecule has 0 spiro atoms. The normalized spacial score (nSPS) is 11.8. The van der Waals surface area contributed by atoms with Gasteiger partial charge in [0.1, 0.15) is 11.4 Å². The van der Waals surface area contributed by atoms with Gasteiger partial charge in [-0.1, -0.05) is 30.3 Å². The molecule has 0 aliphatic carbocycles. The molecule has 0 saturated heterocycles. The van der Waals surface area contributed by atoms with Crippen LogP contribution in [-0.4, -0.2) is 29.0 Å². The smallest absolute Gasteiger partial charge is 0.293 e. The van der Waals surface area contributed by atoms with Crippen LogP contribution in [-0.2, 0) is 6.42 Å². The zero-order chi connectivity index (χ0) is 19.9. The number of nitrogens with one attached hydrogen (secondary N) is 1. The van der Waals surface area contributed by atoms with Crippen molar-refractivity contribution in [2.75, 3.05) is 18.5 Å². The zero-order valence-corrected chi connectivity index (χ0v) is 15.1. The Morgan fingerprint density at radius 2 is 1.89 bits per heavy atom. The zero-order valence-electron chi connectivity index (χ0n) is 15.1. The van der Waals surface area contributed by atoms with E-state index in [-0.39, 0.29) is 29.6 Å². The molecule has 3 aromatic rings. The highest BCUT2D eigenvalue weighted by Gasteiger charge is 2.19. The summed E-state index contributed by atoms with van der Waals surface area (Å²) in [6, 6.07) is 16.6. The van der Waals surface area contributed by atoms with Crippen molar-refractivity contribution >= 4 is 17.2 Å². The van der Waals surface area contributed by atoms with Crippen LogP contribution in [0.5, 0.6) is 0 Å². The number of rotatable bonds is 9. The quantitative estimate of drug-likeness (QED) is 0.333. The third-order valence-corrected chi connectivity index (χ3v) is 4.40. The monoisotopic (exact) mass is 380 g/mol. The highest BCUT2D eigenvalue weighted by atomic mass is 16.6. The van der Waals surface area contributed by atoms with Crippen molar-refractivity contribution in [1.29, 1.82) is 0 Å². The minimum absolute atomic E-state index is 0.0912. The molecule has 0 fully saturated rings. The number of anilines is 1. The van der Waals surface area contributed by atoms with Crippen molar-refractivity contribution < 1.29 is 19.2 Å². The van der Waals surface area contributed by atoms with Crippen LogP contribution >= 0.6 is 0 Å². The lowest BCUT2D eigenvalue weighted by Crippen LogP contribution is -2.20. The standard InChI is InChI=1S/C21H20N2O5/c24-14-15(11-18-7-4-10-28-18)13-22-19-9-8-17(12-20(19)23(26)27)21(25)16-5-2-1-3-6-16/h1-10,12,15,22,24H,11,13-14H2/t15-/m0/s1. The lowest BCUT2D eigenvalue weighted by atomic mass is 10.0. The van der Waals surface area contributed by atoms with Gasteiger partial charge in [0.2, 0.25) is 0 Å². The molecule has 2 N–H and O–H groups in total. The first-order valence-corrected chi connectivity index (χ1v) is 8.83. The molecule has 1 atom stereocenters. The van der Waals surface area contributed by atoms with E-state index in [0.717, 1.165) is 5.76 Å². The number of ketones is 1. The minimum Gasteiger partial charge on any atom is -0.469 e. The number of benzene rings is 2. The van der Waals surface area contributed by atoms with Crippen LogP contribution in [0.15, 0.2) is 71.3 Å². The van der Waals surface area contributed by atoms with Gasteiger partial charge in [-0.15, -0.1) is 0 Å². The van der Waals surface area contributed by atoms with Gasteiger partial charge >= 0.3 is 0 Å². The van der Waals surface area contributed by atoms with Crippen LogP contribution in [0, 0.1) is 16.0 Å². The summed E-state index contributed by atoms with van der Waals surface area (Å²) in [5.74, 6) is 0.289. The average Bonchev–Trinajstić information content (AvgIpc) is 3.24. The molecule has 0 bridgehead atoms. The van der Waals surface area contributed by atoms with E-state index in [4.69, 9.17) is 4.42 Å². The minimum atomic E-state index is -0.523. The number of hydrogen-bond donors (Lipinski definition) is 2. The highest BCUT2D eigenvalue weighted by Crippen LogP contribution is 2.27. The third kappa shape index (κ3) is 4.63. The summed E-state index contributed by atoms with van der Waals surface area (Å²) in [5, 5.41) is 24.1. The lowest BCUT2D eigenvalue weighted by Gasteiger charge is -2.15. The van der Waals surface area contributed by atoms with Crippen molar-refractivity contribution in [1.82, 2.24) is 0 Å². The van der Waals surface area contributed by atoms with E-state index in [9.17, 15) is 20.0 Å². The molecule has 0 aliphatic heterocycles. The van der Waals surface area contributed by atoms with Gasteiger partial charge in [0.15, 0.2) is 5.78 Å². The van der Waals surface area contributed by atoms with Gasteiger partial charge in [0, 0.05) is 42.7 Å². The summed E-state index contributed by atoms with van der Waals surface area (Å²) >= 11 is 0. The molecule has 0 radical (unpaired) electrons. The van der Waals surface area contributed by atoms with Crippen molar-refractivity contribution in [2.45, 2.75) is 6.42 Å². The Bertz CT molecular complexity index is 939. The molecule has 0 amide bonds. The molecule has 0 aliphatic rings. The number of aliphatic hydroxyl groups excluding tert-OH is 1. The second-order valence-corrected chi connectivity index (χ2v) is 6.40. The summed E-state index contributed by atoms with van der Waals surface area (Å²) in [6.07, 6.45) is 2.07. The number of nitro benzene ring substituents is 1. The predicted molar refractivity (Wildman–Crippen MR) is 104 cm³/mol. The highest BCUT2D eigenvalue weighted by molar-refractivity contribution is 6.09. The summed E-state index contributed by atoms with van der Waals surface area (Å²) < 4.78 is 5.28. The first-order chi connectivity index (χ1) is 13.6. The van der Waals surface area contributed by atoms with Crippen molar-refractivity contribution in [3.63, 3.8) is 0 Å². The Kier molecular flexibility index (Phi) is 6.18. The molecule has 7 heteroatoms. The number of hydrogen-bond acceptors (Lipinski definition) is 6. The molecule has 2 aromatic carbocycles. The number of nitrogens with zero attached hydrogens (tertiary/aromatic N) is 1. The first kappa shape index (κ1) is 19.3. The van der Waals surface area contributed by atoms with Gasteiger partial charge in [0.05, 0.1) is 11.2 Å². The van der Waals surface area contributed by atoms with E-state index in [0.29, 0.717) is 24.2 Å². The molecule has 144 valence electrons. The molecule has 28 heavy (non-hydrogen) atoms. The van der Waals surface area contributed by atoms with Crippen molar-refractivity contribution in [3.05, 3.63) is 93.9 Å². The number of furan rings is 1. The number of nitro groups is 1. The van der Waals surface area contributed by atoms with E-state index in [2.05, 4.69) is 5.32 Å². The maximum Gasteiger partial charge on any atom is 0.293 e. The van der Waals surface area contributed by atoms with Gasteiger partial charge < -0.3 is 14.8 Å². The molecule has 0 saturated carbocycles. The average molecular weight is 380 g/mol. The molecule has 3 rings (SSSR count). The van der Waals surface area contributed by atoms with Crippen LogP contribution in [0.2, 0.25) is 0 Å². The van der Waals surface area contributed by atoms with Crippen LogP contribution in [0.3, 0.4) is 0 Å². The van der Waals surface area contributed by atoms with Crippen LogP contribution in [0.4, 0.5) is 11.4 Å². The molecular weight excluding hydrogens is 360 g/mol. The second-order valence-electron chi connectivity index (χ2n) is 6.40. The Morgan fingerprint density at radius 3 is 2.54 bits per heavy atom. The Hall–Kier alpha value is -3.45. The fourth-order valence-corrected chi connectivity index (χ4v) is 2.90. The van der Waals surface area contributed by atoms with Crippen LogP contribution in [0.25, 0.3) is 0 Å². The Balaban J connectivity index is 1.75. The molecule has 7 nitrogen and oxygen atoms in total. The van der Waals surface area contributed by atoms with Crippen LogP contribution in [0.1, 0.15) is 21.7 Å². The van der Waals surface area contributed by atoms with Gasteiger partial charge in [-0.2, -0.15) is 0 Å². The maximum absolute atomic E-state index is 12.5. The topological polar surface area (TPSA) is 106 Å². The molecular formula is C21H20N2O5. The summed E-state index contributed by atoms with van der Waals surface area (Å²) in [5.41, 5.74) is 0.831. The number of carbonyl (C=O) groups excluding carboxylic acids is 1. The Morgan fingerprint density at radius 1 is 1.11 bits per heavy atom. The van der Waals surface area contributed by atoms with E-state index in [1.54, 1.807) is 48.7 Å². The largest absolute Gasteiger partial charge is 0.469 e. The number of carbonyl (C=O) groups is 1. The SMILES string of the molecule is O=C(c1ccccc1)c1ccc(NC[C@@H](CO)Cc2ccco2)c([N+](=O)[O-])c1. The van der Waals surface area contributed by atoms with Crippen LogP contribution < -0.4 is 5.32 Å². The van der Waals surface area contributed by atoms with Crippen molar-refractivity contribution in [2.24, 2.45) is 5.92 Å². The van der Waals surface area contributed by atoms with E-state index in [1.165, 1.54) is 12.1 Å². The van der Waals surface area contributed by atoms with Gasteiger partial charge in [0.25, 0.3) is 5.69 Å². The van der Waals surface area contributed by atoms with E-state index < -0.39 is 4.92 Å². The molecule has 0 unspecified atom stereocenters. The van der Waals surface area contributed by atoms with E-state index in [1.807, 2.05) is 6.07 Å². The molecule has 1 heterocycles. The maximum atomic E-state index is 12.5. The fourth-order valence-electron chi connectivity index (χ4n) is 2.90. The van der Waals surface area contributed by atoms with Gasteiger partial charge in [-0.05, 0) is 24.3 Å². The lowest BCUT2D eigenvalue weighted by molar-refractivity contribution is -0.384. The number of aliphatic hydroxyl groups is 1. The Labute approximate surface area is 161 Å². The third-order valence-electron chi connectivity index (χ3n) is 4.40. The van der Waals surface area contributed by atoms with Gasteiger partial charge in [-0.3, -0.25) is 14.9 Å². The van der Waals surface area contributed by atoms with E-state index >= 15 is 0 Å². The first-order valence-electron chi connectivity index (χ1n) is 8.83. The summed E-state index contributed by atoms with van der Waals surface area (Å²) in [6.45, 7) is 0.232. The predicted octanol–water partition coefficient (Wildman–Crippen LogP) is 3.68. The van der Waals surface area contributed by atoms with Gasteiger partial charge in [-0.25, -0.2) is 0 Å². The molecule has 1 aromatic heterocycles. The summed E-state index contributed by atoms with van der Waals surface area (Å²) in [7, 11) is 0. The second kappa shape index (κ2) is 8.96. The summed E-state index contributed by atoms with van der Waals surface area (Å²) in [4.78, 5) is 23.5. The fraction of sp³-hybridized carbons (Fsp3) is 0.190.